The molecule has 0 aromatic heterocycles. The Morgan fingerprint density at radius 2 is 1.56 bits per heavy atom. The normalized spacial score (nSPS) is 10.4. The molecule has 0 aliphatic heterocycles. The molecule has 0 bridgehead atoms. The molecule has 6 heteroatoms. The fourth-order valence-corrected chi connectivity index (χ4v) is 3.19. The van der Waals surface area contributed by atoms with Gasteiger partial charge in [0, 0.05) is 39.1 Å². The first kappa shape index (κ1) is 20.8. The Kier molecular flexibility index (Phi) is 7.73. The third-order valence-corrected chi connectivity index (χ3v) is 5.01. The van der Waals surface area contributed by atoms with E-state index in [0.717, 1.165) is 22.5 Å². The second-order valence-electron chi connectivity index (χ2n) is 6.72. The highest BCUT2D eigenvalue weighted by atomic mass is 32.2. The molecule has 0 atom stereocenters. The maximum absolute atomic E-state index is 12.3. The van der Waals surface area contributed by atoms with Gasteiger partial charge in [0.25, 0.3) is 0 Å². The summed E-state index contributed by atoms with van der Waals surface area (Å²) in [5.41, 5.74) is 4.13. The minimum atomic E-state index is -0.0985. The SMILES string of the molecule is Cc1ccc(NC(=O)CSCC(=O)N(C)Cc2ccc(N(C)C)cc2)cc1. The van der Waals surface area contributed by atoms with E-state index in [0.29, 0.717) is 6.54 Å². The van der Waals surface area contributed by atoms with Crippen molar-refractivity contribution in [3.05, 3.63) is 59.7 Å². The van der Waals surface area contributed by atoms with Gasteiger partial charge in [0.15, 0.2) is 0 Å². The topological polar surface area (TPSA) is 52.7 Å². The number of thioether (sulfide) groups is 1. The van der Waals surface area contributed by atoms with Crippen LogP contribution in [0.5, 0.6) is 0 Å². The summed E-state index contributed by atoms with van der Waals surface area (Å²) < 4.78 is 0. The fraction of sp³-hybridized carbons (Fsp3) is 0.333. The zero-order valence-electron chi connectivity index (χ0n) is 16.4. The Hall–Kier alpha value is -2.47. The van der Waals surface area contributed by atoms with Crippen LogP contribution in [0, 0.1) is 6.92 Å². The van der Waals surface area contributed by atoms with Crippen molar-refractivity contribution >= 4 is 35.0 Å². The van der Waals surface area contributed by atoms with Gasteiger partial charge >= 0.3 is 0 Å². The lowest BCUT2D eigenvalue weighted by molar-refractivity contribution is -0.127. The molecule has 2 amide bonds. The largest absolute Gasteiger partial charge is 0.378 e. The van der Waals surface area contributed by atoms with Gasteiger partial charge < -0.3 is 15.1 Å². The monoisotopic (exact) mass is 385 g/mol. The number of anilines is 2. The van der Waals surface area contributed by atoms with Gasteiger partial charge in [-0.1, -0.05) is 29.8 Å². The third-order valence-electron chi connectivity index (χ3n) is 4.09. The Bertz CT molecular complexity index is 758. The molecule has 2 aromatic rings. The number of aryl methyl sites for hydroxylation is 1. The molecule has 0 heterocycles. The van der Waals surface area contributed by atoms with Gasteiger partial charge in [0.05, 0.1) is 11.5 Å². The van der Waals surface area contributed by atoms with E-state index in [4.69, 9.17) is 0 Å². The van der Waals surface area contributed by atoms with Crippen LogP contribution in [0.25, 0.3) is 0 Å². The van der Waals surface area contributed by atoms with Gasteiger partial charge in [-0.25, -0.2) is 0 Å². The molecule has 27 heavy (non-hydrogen) atoms. The Labute approximate surface area is 165 Å². The number of carbonyl (C=O) groups excluding carboxylic acids is 2. The molecule has 144 valence electrons. The standard InChI is InChI=1S/C21H27N3O2S/c1-16-5-9-18(10-6-16)22-20(25)14-27-15-21(26)24(4)13-17-7-11-19(12-8-17)23(2)3/h5-12H,13-15H2,1-4H3,(H,22,25). The molecule has 0 unspecified atom stereocenters. The molecule has 0 saturated carbocycles. The van der Waals surface area contributed by atoms with Crippen molar-refractivity contribution in [3.8, 4) is 0 Å². The number of nitrogens with one attached hydrogen (secondary N) is 1. The molecular weight excluding hydrogens is 358 g/mol. The molecule has 2 rings (SSSR count). The van der Waals surface area contributed by atoms with E-state index >= 15 is 0 Å². The van der Waals surface area contributed by atoms with E-state index in [9.17, 15) is 9.59 Å². The summed E-state index contributed by atoms with van der Waals surface area (Å²) in [6.45, 7) is 2.56. The van der Waals surface area contributed by atoms with Gasteiger partial charge in [-0.3, -0.25) is 9.59 Å². The number of nitrogens with zero attached hydrogens (tertiary/aromatic N) is 2. The van der Waals surface area contributed by atoms with Crippen molar-refractivity contribution < 1.29 is 9.59 Å². The van der Waals surface area contributed by atoms with E-state index < -0.39 is 0 Å². The lowest BCUT2D eigenvalue weighted by Gasteiger charge is -2.18. The Morgan fingerprint density at radius 3 is 2.15 bits per heavy atom. The van der Waals surface area contributed by atoms with Crippen LogP contribution >= 0.6 is 11.8 Å². The molecule has 0 fully saturated rings. The Morgan fingerprint density at radius 1 is 0.926 bits per heavy atom. The number of rotatable bonds is 8. The predicted octanol–water partition coefficient (Wildman–Crippen LogP) is 3.39. The highest BCUT2D eigenvalue weighted by molar-refractivity contribution is 8.00. The minimum absolute atomic E-state index is 0.0137. The first-order valence-electron chi connectivity index (χ1n) is 8.79. The fourth-order valence-electron chi connectivity index (χ4n) is 2.44. The van der Waals surface area contributed by atoms with Crippen LogP contribution in [0.4, 0.5) is 11.4 Å². The Balaban J connectivity index is 1.72. The molecule has 2 aromatic carbocycles. The molecule has 0 spiro atoms. The van der Waals surface area contributed by atoms with Crippen molar-refractivity contribution in [3.63, 3.8) is 0 Å². The average molecular weight is 386 g/mol. The zero-order valence-corrected chi connectivity index (χ0v) is 17.2. The molecular formula is C21H27N3O2S. The van der Waals surface area contributed by atoms with Crippen molar-refractivity contribution in [2.24, 2.45) is 0 Å². The number of hydrogen-bond acceptors (Lipinski definition) is 4. The maximum atomic E-state index is 12.3. The lowest BCUT2D eigenvalue weighted by atomic mass is 10.2. The highest BCUT2D eigenvalue weighted by Gasteiger charge is 2.11. The van der Waals surface area contributed by atoms with Gasteiger partial charge in [0.1, 0.15) is 0 Å². The van der Waals surface area contributed by atoms with Crippen LogP contribution in [0.15, 0.2) is 48.5 Å². The van der Waals surface area contributed by atoms with Crippen molar-refractivity contribution in [1.29, 1.82) is 0 Å². The summed E-state index contributed by atoms with van der Waals surface area (Å²) in [6.07, 6.45) is 0. The summed E-state index contributed by atoms with van der Waals surface area (Å²) >= 11 is 1.33. The van der Waals surface area contributed by atoms with Crippen molar-refractivity contribution in [2.45, 2.75) is 13.5 Å². The van der Waals surface area contributed by atoms with Gasteiger partial charge in [-0.2, -0.15) is 0 Å². The molecule has 1 N–H and O–H groups in total. The molecule has 0 aliphatic carbocycles. The molecule has 0 radical (unpaired) electrons. The van der Waals surface area contributed by atoms with Gasteiger partial charge in [-0.15, -0.1) is 11.8 Å². The first-order chi connectivity index (χ1) is 12.8. The van der Waals surface area contributed by atoms with E-state index in [1.807, 2.05) is 74.4 Å². The average Bonchev–Trinajstić information content (AvgIpc) is 2.64. The predicted molar refractivity (Wildman–Crippen MR) is 114 cm³/mol. The number of hydrogen-bond donors (Lipinski definition) is 1. The van der Waals surface area contributed by atoms with E-state index in [1.54, 1.807) is 11.9 Å². The third kappa shape index (κ3) is 6.98. The van der Waals surface area contributed by atoms with Crippen LogP contribution in [-0.4, -0.2) is 49.4 Å². The maximum Gasteiger partial charge on any atom is 0.234 e. The first-order valence-corrected chi connectivity index (χ1v) is 9.95. The van der Waals surface area contributed by atoms with E-state index in [1.165, 1.54) is 11.8 Å². The molecule has 0 saturated heterocycles. The second kappa shape index (κ2) is 10.0. The van der Waals surface area contributed by atoms with Crippen LogP contribution in [0.1, 0.15) is 11.1 Å². The number of amides is 2. The summed E-state index contributed by atoms with van der Waals surface area (Å²) in [4.78, 5) is 28.0. The highest BCUT2D eigenvalue weighted by Crippen LogP contribution is 2.14. The van der Waals surface area contributed by atoms with Crippen molar-refractivity contribution in [1.82, 2.24) is 4.90 Å². The quantitative estimate of drug-likeness (QED) is 0.757. The van der Waals surface area contributed by atoms with Gasteiger partial charge in [-0.05, 0) is 36.8 Å². The number of carbonyl (C=O) groups is 2. The second-order valence-corrected chi connectivity index (χ2v) is 7.70. The zero-order chi connectivity index (χ0) is 19.8. The van der Waals surface area contributed by atoms with Crippen molar-refractivity contribution in [2.75, 3.05) is 42.9 Å². The van der Waals surface area contributed by atoms with E-state index in [2.05, 4.69) is 5.32 Å². The summed E-state index contributed by atoms with van der Waals surface area (Å²) in [5, 5.41) is 2.84. The van der Waals surface area contributed by atoms with Crippen LogP contribution in [0.2, 0.25) is 0 Å². The summed E-state index contributed by atoms with van der Waals surface area (Å²) in [5.74, 6) is 0.455. The smallest absolute Gasteiger partial charge is 0.234 e. The minimum Gasteiger partial charge on any atom is -0.378 e. The van der Waals surface area contributed by atoms with E-state index in [-0.39, 0.29) is 23.3 Å². The number of benzene rings is 2. The van der Waals surface area contributed by atoms with Gasteiger partial charge in [0.2, 0.25) is 11.8 Å². The summed E-state index contributed by atoms with van der Waals surface area (Å²) in [6, 6.07) is 15.8. The molecule has 5 nitrogen and oxygen atoms in total. The summed E-state index contributed by atoms with van der Waals surface area (Å²) in [7, 11) is 5.78. The van der Waals surface area contributed by atoms with Crippen LogP contribution < -0.4 is 10.2 Å². The molecule has 0 aliphatic rings. The van der Waals surface area contributed by atoms with Crippen LogP contribution in [0.3, 0.4) is 0 Å². The van der Waals surface area contributed by atoms with Crippen LogP contribution in [-0.2, 0) is 16.1 Å². The lowest BCUT2D eigenvalue weighted by Crippen LogP contribution is -2.28.